The summed E-state index contributed by atoms with van der Waals surface area (Å²) in [4.78, 5) is 11.5. The van der Waals surface area contributed by atoms with Crippen molar-refractivity contribution < 1.29 is 9.53 Å². The minimum Gasteiger partial charge on any atom is -0.465 e. The van der Waals surface area contributed by atoms with E-state index in [-0.39, 0.29) is 11.9 Å². The summed E-state index contributed by atoms with van der Waals surface area (Å²) in [5.74, 6) is 0.0741. The number of nitriles is 1. The minimum atomic E-state index is -0.544. The standard InChI is InChI=1S/C12H19NO2/c1-3-15-12(14)11(8-13)10-6-4-9(2)5-7-10/h9-11H,3-7H2,1-2H3/t9?,10?,11-/m0/s1. The molecule has 1 saturated carbocycles. The van der Waals surface area contributed by atoms with Gasteiger partial charge in [-0.1, -0.05) is 19.8 Å². The van der Waals surface area contributed by atoms with E-state index < -0.39 is 5.92 Å². The molecule has 0 heterocycles. The van der Waals surface area contributed by atoms with Crippen LogP contribution in [0.2, 0.25) is 0 Å². The Balaban J connectivity index is 2.52. The zero-order valence-electron chi connectivity index (χ0n) is 9.53. The molecule has 84 valence electrons. The van der Waals surface area contributed by atoms with Crippen LogP contribution in [0, 0.1) is 29.1 Å². The number of esters is 1. The van der Waals surface area contributed by atoms with Crippen molar-refractivity contribution in [1.29, 1.82) is 5.26 Å². The Morgan fingerprint density at radius 2 is 2.07 bits per heavy atom. The third-order valence-electron chi connectivity index (χ3n) is 3.21. The lowest BCUT2D eigenvalue weighted by molar-refractivity contribution is -0.148. The average Bonchev–Trinajstić information content (AvgIpc) is 2.22. The Morgan fingerprint density at radius 1 is 1.47 bits per heavy atom. The molecule has 0 bridgehead atoms. The average molecular weight is 209 g/mol. The Kier molecular flexibility index (Phi) is 4.61. The van der Waals surface area contributed by atoms with Crippen LogP contribution in [0.5, 0.6) is 0 Å². The Hall–Kier alpha value is -1.04. The first-order valence-electron chi connectivity index (χ1n) is 5.75. The van der Waals surface area contributed by atoms with E-state index in [2.05, 4.69) is 13.0 Å². The Morgan fingerprint density at radius 3 is 2.53 bits per heavy atom. The number of ether oxygens (including phenoxy) is 1. The fourth-order valence-electron chi connectivity index (χ4n) is 2.20. The molecule has 1 aliphatic carbocycles. The number of nitrogens with zero attached hydrogens (tertiary/aromatic N) is 1. The lowest BCUT2D eigenvalue weighted by atomic mass is 9.77. The normalized spacial score (nSPS) is 27.8. The van der Waals surface area contributed by atoms with Gasteiger partial charge in [-0.2, -0.15) is 5.26 Å². The molecule has 0 aromatic heterocycles. The zero-order chi connectivity index (χ0) is 11.3. The van der Waals surface area contributed by atoms with E-state index in [1.165, 1.54) is 0 Å². The highest BCUT2D eigenvalue weighted by molar-refractivity contribution is 5.75. The van der Waals surface area contributed by atoms with E-state index in [9.17, 15) is 4.79 Å². The number of carbonyl (C=O) groups excluding carboxylic acids is 1. The van der Waals surface area contributed by atoms with E-state index >= 15 is 0 Å². The van der Waals surface area contributed by atoms with Crippen molar-refractivity contribution in [1.82, 2.24) is 0 Å². The van der Waals surface area contributed by atoms with E-state index in [0.717, 1.165) is 31.6 Å². The van der Waals surface area contributed by atoms with Crippen molar-refractivity contribution >= 4 is 5.97 Å². The fraction of sp³-hybridized carbons (Fsp3) is 0.833. The summed E-state index contributed by atoms with van der Waals surface area (Å²) >= 11 is 0. The third kappa shape index (κ3) is 3.23. The molecule has 15 heavy (non-hydrogen) atoms. The summed E-state index contributed by atoms with van der Waals surface area (Å²) in [7, 11) is 0. The number of carbonyl (C=O) groups is 1. The fourth-order valence-corrected chi connectivity index (χ4v) is 2.20. The van der Waals surface area contributed by atoms with Crippen molar-refractivity contribution in [2.75, 3.05) is 6.61 Å². The molecular formula is C12H19NO2. The van der Waals surface area contributed by atoms with Crippen molar-refractivity contribution in [3.63, 3.8) is 0 Å². The second-order valence-electron chi connectivity index (χ2n) is 4.38. The van der Waals surface area contributed by atoms with Gasteiger partial charge in [-0.05, 0) is 31.6 Å². The van der Waals surface area contributed by atoms with Gasteiger partial charge >= 0.3 is 5.97 Å². The summed E-state index contributed by atoms with van der Waals surface area (Å²) < 4.78 is 4.91. The highest BCUT2D eigenvalue weighted by Crippen LogP contribution is 2.33. The van der Waals surface area contributed by atoms with Crippen LogP contribution in [0.15, 0.2) is 0 Å². The summed E-state index contributed by atoms with van der Waals surface area (Å²) in [6.07, 6.45) is 4.22. The topological polar surface area (TPSA) is 50.1 Å². The summed E-state index contributed by atoms with van der Waals surface area (Å²) in [5.41, 5.74) is 0. The number of hydrogen-bond acceptors (Lipinski definition) is 3. The first-order valence-corrected chi connectivity index (χ1v) is 5.75. The van der Waals surface area contributed by atoms with Crippen LogP contribution in [0.3, 0.4) is 0 Å². The van der Waals surface area contributed by atoms with E-state index in [0.29, 0.717) is 6.61 Å². The van der Waals surface area contributed by atoms with Gasteiger partial charge in [0.2, 0.25) is 0 Å². The van der Waals surface area contributed by atoms with Gasteiger partial charge in [-0.3, -0.25) is 4.79 Å². The Labute approximate surface area is 91.4 Å². The van der Waals surface area contributed by atoms with Gasteiger partial charge in [0.05, 0.1) is 12.7 Å². The molecule has 3 nitrogen and oxygen atoms in total. The molecule has 0 spiro atoms. The van der Waals surface area contributed by atoms with Gasteiger partial charge in [-0.25, -0.2) is 0 Å². The van der Waals surface area contributed by atoms with Gasteiger partial charge in [0, 0.05) is 0 Å². The second-order valence-corrected chi connectivity index (χ2v) is 4.38. The molecule has 1 aliphatic rings. The smallest absolute Gasteiger partial charge is 0.323 e. The van der Waals surface area contributed by atoms with Crippen molar-refractivity contribution in [2.45, 2.75) is 39.5 Å². The molecule has 0 N–H and O–H groups in total. The highest BCUT2D eigenvalue weighted by Gasteiger charge is 2.31. The van der Waals surface area contributed by atoms with Gasteiger partial charge in [0.25, 0.3) is 0 Å². The van der Waals surface area contributed by atoms with Gasteiger partial charge in [-0.15, -0.1) is 0 Å². The van der Waals surface area contributed by atoms with Crippen molar-refractivity contribution in [2.24, 2.45) is 17.8 Å². The quantitative estimate of drug-likeness (QED) is 0.671. The SMILES string of the molecule is CCOC(=O)[C@@H](C#N)C1CCC(C)CC1. The summed E-state index contributed by atoms with van der Waals surface area (Å²) in [6, 6.07) is 2.10. The van der Waals surface area contributed by atoms with Gasteiger partial charge < -0.3 is 4.74 Å². The largest absolute Gasteiger partial charge is 0.465 e. The second kappa shape index (κ2) is 5.75. The summed E-state index contributed by atoms with van der Waals surface area (Å²) in [6.45, 7) is 4.36. The first-order chi connectivity index (χ1) is 7.19. The molecular weight excluding hydrogens is 190 g/mol. The molecule has 0 radical (unpaired) electrons. The van der Waals surface area contributed by atoms with E-state index in [4.69, 9.17) is 10.00 Å². The van der Waals surface area contributed by atoms with Gasteiger partial charge in [0.1, 0.15) is 5.92 Å². The molecule has 0 amide bonds. The monoisotopic (exact) mass is 209 g/mol. The number of hydrogen-bond donors (Lipinski definition) is 0. The van der Waals surface area contributed by atoms with Crippen LogP contribution < -0.4 is 0 Å². The highest BCUT2D eigenvalue weighted by atomic mass is 16.5. The first kappa shape index (κ1) is 12.0. The molecule has 0 unspecified atom stereocenters. The third-order valence-corrected chi connectivity index (χ3v) is 3.21. The molecule has 0 aliphatic heterocycles. The van der Waals surface area contributed by atoms with Crippen molar-refractivity contribution in [3.05, 3.63) is 0 Å². The maximum Gasteiger partial charge on any atom is 0.323 e. The predicted molar refractivity (Wildman–Crippen MR) is 56.9 cm³/mol. The lowest BCUT2D eigenvalue weighted by Gasteiger charge is -2.28. The van der Waals surface area contributed by atoms with Crippen LogP contribution in [0.25, 0.3) is 0 Å². The lowest BCUT2D eigenvalue weighted by Crippen LogP contribution is -2.27. The minimum absolute atomic E-state index is 0.213. The van der Waals surface area contributed by atoms with Crippen LogP contribution in [-0.2, 0) is 9.53 Å². The zero-order valence-corrected chi connectivity index (χ0v) is 9.53. The molecule has 0 aromatic carbocycles. The molecule has 1 atom stereocenters. The molecule has 0 saturated heterocycles. The Bertz CT molecular complexity index is 249. The van der Waals surface area contributed by atoms with Crippen LogP contribution in [-0.4, -0.2) is 12.6 Å². The molecule has 1 rings (SSSR count). The van der Waals surface area contributed by atoms with E-state index in [1.54, 1.807) is 6.92 Å². The maximum absolute atomic E-state index is 11.5. The molecule has 0 aromatic rings. The summed E-state index contributed by atoms with van der Waals surface area (Å²) in [5, 5.41) is 8.99. The number of rotatable bonds is 3. The molecule has 1 fully saturated rings. The van der Waals surface area contributed by atoms with E-state index in [1.807, 2.05) is 0 Å². The molecule has 3 heteroatoms. The van der Waals surface area contributed by atoms with Crippen LogP contribution in [0.1, 0.15) is 39.5 Å². The maximum atomic E-state index is 11.5. The van der Waals surface area contributed by atoms with Crippen molar-refractivity contribution in [3.8, 4) is 6.07 Å². The van der Waals surface area contributed by atoms with Crippen LogP contribution >= 0.6 is 0 Å². The predicted octanol–water partition coefficient (Wildman–Crippen LogP) is 2.52. The van der Waals surface area contributed by atoms with Gasteiger partial charge in [0.15, 0.2) is 0 Å². The van der Waals surface area contributed by atoms with Crippen LogP contribution in [0.4, 0.5) is 0 Å².